The molecule has 29 heavy (non-hydrogen) atoms. The van der Waals surface area contributed by atoms with Crippen molar-refractivity contribution in [3.63, 3.8) is 0 Å². The van der Waals surface area contributed by atoms with Crippen LogP contribution < -0.4 is 4.90 Å². The summed E-state index contributed by atoms with van der Waals surface area (Å²) in [7, 11) is -3.66. The fourth-order valence-electron chi connectivity index (χ4n) is 3.61. The number of sulfone groups is 1. The summed E-state index contributed by atoms with van der Waals surface area (Å²) >= 11 is 0. The van der Waals surface area contributed by atoms with Crippen LogP contribution in [0.5, 0.6) is 0 Å². The second kappa shape index (κ2) is 6.86. The molecule has 1 aliphatic rings. The second-order valence-electron chi connectivity index (χ2n) is 6.94. The maximum Gasteiger partial charge on any atom is 0.208 e. The molecule has 1 N–H and O–H groups in total. The summed E-state index contributed by atoms with van der Waals surface area (Å²) < 4.78 is 26.4. The number of fused-ring (bicyclic) bond motifs is 2. The predicted octanol–water partition coefficient (Wildman–Crippen LogP) is 3.87. The molecule has 0 saturated carbocycles. The third-order valence-electron chi connectivity index (χ3n) is 5.08. The molecule has 7 heteroatoms. The van der Waals surface area contributed by atoms with Crippen molar-refractivity contribution in [1.82, 2.24) is 15.2 Å². The van der Waals surface area contributed by atoms with Gasteiger partial charge in [0.15, 0.2) is 0 Å². The van der Waals surface area contributed by atoms with Gasteiger partial charge in [-0.15, -0.1) is 0 Å². The highest BCUT2D eigenvalue weighted by Gasteiger charge is 2.21. The van der Waals surface area contributed by atoms with E-state index in [1.54, 1.807) is 36.5 Å². The van der Waals surface area contributed by atoms with Crippen LogP contribution >= 0.6 is 0 Å². The van der Waals surface area contributed by atoms with E-state index in [1.165, 1.54) is 0 Å². The van der Waals surface area contributed by atoms with E-state index in [4.69, 9.17) is 0 Å². The number of pyridine rings is 1. The lowest BCUT2D eigenvalue weighted by Crippen LogP contribution is -2.19. The minimum absolute atomic E-state index is 0.226. The number of allylic oxidation sites excluding steroid dienone is 1. The summed E-state index contributed by atoms with van der Waals surface area (Å²) in [4.78, 5) is 6.84. The average molecular weight is 402 g/mol. The fourth-order valence-corrected chi connectivity index (χ4v) is 5.04. The molecule has 5 rings (SSSR count). The molecule has 0 atom stereocenters. The number of nitrogens with zero attached hydrogens (tertiary/aromatic N) is 3. The molecule has 0 radical (unpaired) electrons. The van der Waals surface area contributed by atoms with E-state index in [1.807, 2.05) is 36.7 Å². The minimum Gasteiger partial charge on any atom is -0.329 e. The van der Waals surface area contributed by atoms with Crippen LogP contribution in [-0.4, -0.2) is 23.6 Å². The number of aromatic amines is 1. The molecule has 2 aromatic heterocycles. The molecule has 2 aromatic carbocycles. The van der Waals surface area contributed by atoms with Crippen molar-refractivity contribution in [2.75, 3.05) is 4.90 Å². The largest absolute Gasteiger partial charge is 0.329 e. The van der Waals surface area contributed by atoms with E-state index in [2.05, 4.69) is 26.2 Å². The number of hydrogen-bond acceptors (Lipinski definition) is 5. The quantitative estimate of drug-likeness (QED) is 0.561. The predicted molar refractivity (Wildman–Crippen MR) is 111 cm³/mol. The van der Waals surface area contributed by atoms with E-state index in [9.17, 15) is 8.42 Å². The summed E-state index contributed by atoms with van der Waals surface area (Å²) in [6.45, 7) is 0.627. The Labute approximate surface area is 168 Å². The average Bonchev–Trinajstić information content (AvgIpc) is 3.24. The summed E-state index contributed by atoms with van der Waals surface area (Å²) in [5, 5.41) is 7.94. The van der Waals surface area contributed by atoms with Gasteiger partial charge in [0, 0.05) is 29.9 Å². The molecule has 0 spiro atoms. The molecular weight excluding hydrogens is 384 g/mol. The first-order valence-corrected chi connectivity index (χ1v) is 10.7. The normalized spacial score (nSPS) is 13.6. The van der Waals surface area contributed by atoms with Crippen molar-refractivity contribution >= 4 is 26.6 Å². The highest BCUT2D eigenvalue weighted by atomic mass is 32.2. The zero-order chi connectivity index (χ0) is 19.8. The van der Waals surface area contributed by atoms with Gasteiger partial charge >= 0.3 is 0 Å². The lowest BCUT2D eigenvalue weighted by atomic mass is 10.1. The number of H-pyrrole nitrogens is 1. The van der Waals surface area contributed by atoms with Gasteiger partial charge in [-0.1, -0.05) is 36.4 Å². The van der Waals surface area contributed by atoms with Crippen molar-refractivity contribution in [1.29, 1.82) is 0 Å². The Bertz CT molecular complexity index is 1320. The molecule has 0 aliphatic carbocycles. The van der Waals surface area contributed by atoms with Gasteiger partial charge in [-0.25, -0.2) is 8.42 Å². The van der Waals surface area contributed by atoms with Crippen molar-refractivity contribution in [2.24, 2.45) is 0 Å². The van der Waals surface area contributed by atoms with Crippen LogP contribution in [0.3, 0.4) is 0 Å². The minimum atomic E-state index is -3.66. The second-order valence-corrected chi connectivity index (χ2v) is 8.86. The van der Waals surface area contributed by atoms with Gasteiger partial charge in [-0.05, 0) is 36.2 Å². The van der Waals surface area contributed by atoms with Crippen LogP contribution in [0, 0.1) is 0 Å². The SMILES string of the molecule is O=S(=O)(c1ccc(CN2C=CCc3cn[nH]c32)cc1)c1cccc2cccnc12. The first-order valence-electron chi connectivity index (χ1n) is 9.26. The monoisotopic (exact) mass is 402 g/mol. The molecule has 0 bridgehead atoms. The van der Waals surface area contributed by atoms with Gasteiger partial charge in [-0.2, -0.15) is 5.10 Å². The van der Waals surface area contributed by atoms with E-state index in [-0.39, 0.29) is 9.79 Å². The van der Waals surface area contributed by atoms with Crippen molar-refractivity contribution in [2.45, 2.75) is 22.8 Å². The number of benzene rings is 2. The maximum atomic E-state index is 13.2. The number of nitrogens with one attached hydrogen (secondary N) is 1. The molecule has 6 nitrogen and oxygen atoms in total. The Hall–Kier alpha value is -3.45. The first-order chi connectivity index (χ1) is 14.1. The van der Waals surface area contributed by atoms with E-state index in [0.717, 1.165) is 28.8 Å². The molecule has 0 fully saturated rings. The third-order valence-corrected chi connectivity index (χ3v) is 6.88. The smallest absolute Gasteiger partial charge is 0.208 e. The number of rotatable bonds is 4. The number of anilines is 1. The zero-order valence-electron chi connectivity index (χ0n) is 15.5. The number of hydrogen-bond donors (Lipinski definition) is 1. The lowest BCUT2D eigenvalue weighted by Gasteiger charge is -2.23. The van der Waals surface area contributed by atoms with E-state index >= 15 is 0 Å². The Balaban J connectivity index is 1.45. The van der Waals surface area contributed by atoms with Crippen LogP contribution in [0.1, 0.15) is 11.1 Å². The Morgan fingerprint density at radius 1 is 1.03 bits per heavy atom. The van der Waals surface area contributed by atoms with Crippen molar-refractivity contribution in [3.8, 4) is 0 Å². The summed E-state index contributed by atoms with van der Waals surface area (Å²) in [6, 6.07) is 15.9. The van der Waals surface area contributed by atoms with Gasteiger partial charge in [0.05, 0.1) is 21.5 Å². The molecular formula is C22H18N4O2S. The molecule has 0 saturated heterocycles. The number of para-hydroxylation sites is 1. The molecule has 3 heterocycles. The third kappa shape index (κ3) is 3.09. The summed E-state index contributed by atoms with van der Waals surface area (Å²) in [6.07, 6.45) is 8.41. The zero-order valence-corrected chi connectivity index (χ0v) is 16.3. The first kappa shape index (κ1) is 17.6. The summed E-state index contributed by atoms with van der Waals surface area (Å²) in [5.74, 6) is 0.978. The van der Waals surface area contributed by atoms with Crippen LogP contribution in [0.2, 0.25) is 0 Å². The Morgan fingerprint density at radius 3 is 2.72 bits per heavy atom. The maximum absolute atomic E-state index is 13.2. The van der Waals surface area contributed by atoms with Crippen LogP contribution in [0.25, 0.3) is 10.9 Å². The van der Waals surface area contributed by atoms with Gasteiger partial charge < -0.3 is 4.90 Å². The van der Waals surface area contributed by atoms with Gasteiger partial charge in [0.2, 0.25) is 9.84 Å². The molecule has 1 aliphatic heterocycles. The standard InChI is InChI=1S/C22H18N4O2S/c27-29(28,20-7-1-4-17-5-2-12-23-21(17)20)19-10-8-16(9-11-19)15-26-13-3-6-18-14-24-25-22(18)26/h1-5,7-14H,6,15H2,(H,24,25). The number of aromatic nitrogens is 3. The highest BCUT2D eigenvalue weighted by Crippen LogP contribution is 2.28. The molecule has 0 amide bonds. The van der Waals surface area contributed by atoms with E-state index in [0.29, 0.717) is 12.1 Å². The molecule has 0 unspecified atom stereocenters. The Morgan fingerprint density at radius 2 is 1.86 bits per heavy atom. The van der Waals surface area contributed by atoms with Crippen LogP contribution in [0.15, 0.2) is 89.1 Å². The van der Waals surface area contributed by atoms with Crippen molar-refractivity contribution in [3.05, 3.63) is 90.4 Å². The van der Waals surface area contributed by atoms with Gasteiger partial charge in [-0.3, -0.25) is 10.1 Å². The van der Waals surface area contributed by atoms with Gasteiger partial charge in [0.25, 0.3) is 0 Å². The Kier molecular flexibility index (Phi) is 4.17. The van der Waals surface area contributed by atoms with Crippen LogP contribution in [-0.2, 0) is 22.8 Å². The van der Waals surface area contributed by atoms with Crippen molar-refractivity contribution < 1.29 is 8.42 Å². The highest BCUT2D eigenvalue weighted by molar-refractivity contribution is 7.91. The lowest BCUT2D eigenvalue weighted by molar-refractivity contribution is 0.596. The molecule has 4 aromatic rings. The molecule has 144 valence electrons. The topological polar surface area (TPSA) is 79.0 Å². The summed E-state index contributed by atoms with van der Waals surface area (Å²) in [5.41, 5.74) is 2.64. The fraction of sp³-hybridized carbons (Fsp3) is 0.0909. The van der Waals surface area contributed by atoms with Gasteiger partial charge in [0.1, 0.15) is 5.82 Å². The van der Waals surface area contributed by atoms with E-state index < -0.39 is 9.84 Å². The van der Waals surface area contributed by atoms with Crippen LogP contribution in [0.4, 0.5) is 5.82 Å².